The number of ether oxygens (including phenoxy) is 2. The Morgan fingerprint density at radius 1 is 1.14 bits per heavy atom. The Kier molecular flexibility index (Phi) is 5.05. The first-order valence-electron chi connectivity index (χ1n) is 7.81. The highest BCUT2D eigenvalue weighted by molar-refractivity contribution is 9.10. The molecule has 142 valence electrons. The average molecular weight is 500 g/mol. The van der Waals surface area contributed by atoms with Gasteiger partial charge in [0.05, 0.1) is 10.7 Å². The molecule has 28 heavy (non-hydrogen) atoms. The van der Waals surface area contributed by atoms with E-state index in [1.165, 1.54) is 12.1 Å². The number of halogens is 3. The molecule has 0 bridgehead atoms. The summed E-state index contributed by atoms with van der Waals surface area (Å²) in [5, 5.41) is 3.08. The van der Waals surface area contributed by atoms with Gasteiger partial charge in [-0.05, 0) is 54.2 Å². The topological polar surface area (TPSA) is 67.9 Å². The van der Waals surface area contributed by atoms with Crippen LogP contribution < -0.4 is 19.7 Å². The van der Waals surface area contributed by atoms with Crippen molar-refractivity contribution in [3.05, 3.63) is 56.0 Å². The van der Waals surface area contributed by atoms with E-state index >= 15 is 0 Å². The van der Waals surface area contributed by atoms with Gasteiger partial charge in [-0.2, -0.15) is 0 Å². The molecule has 0 aromatic heterocycles. The number of hydrogen-bond acceptors (Lipinski definition) is 5. The lowest BCUT2D eigenvalue weighted by Gasteiger charge is -2.29. The maximum atomic E-state index is 13.1. The van der Waals surface area contributed by atoms with E-state index in [0.29, 0.717) is 32.2 Å². The minimum absolute atomic E-state index is 0.0684. The Morgan fingerprint density at radius 2 is 1.86 bits per heavy atom. The molecule has 0 radical (unpaired) electrons. The van der Waals surface area contributed by atoms with Crippen LogP contribution in [-0.4, -0.2) is 23.7 Å². The van der Waals surface area contributed by atoms with Crippen molar-refractivity contribution in [2.45, 2.75) is 0 Å². The van der Waals surface area contributed by atoms with E-state index in [2.05, 4.69) is 21.2 Å². The van der Waals surface area contributed by atoms with Crippen LogP contribution in [-0.2, 0) is 9.59 Å². The number of benzene rings is 2. The molecule has 2 aliphatic rings. The fraction of sp³-hybridized carbons (Fsp3) is 0.0556. The molecule has 2 amide bonds. The molecule has 4 rings (SSSR count). The van der Waals surface area contributed by atoms with Crippen LogP contribution in [0.25, 0.3) is 6.08 Å². The predicted octanol–water partition coefficient (Wildman–Crippen LogP) is 4.32. The number of nitrogens with zero attached hydrogens (tertiary/aromatic N) is 1. The Labute approximate surface area is 183 Å². The minimum atomic E-state index is -0.610. The number of hydrogen-bond donors (Lipinski definition) is 1. The van der Waals surface area contributed by atoms with Gasteiger partial charge in [0.25, 0.3) is 11.8 Å². The van der Waals surface area contributed by atoms with Crippen LogP contribution in [0.2, 0.25) is 10.0 Å². The minimum Gasteiger partial charge on any atom is -0.454 e. The fourth-order valence-electron chi connectivity index (χ4n) is 2.74. The van der Waals surface area contributed by atoms with Crippen molar-refractivity contribution in [3.8, 4) is 11.5 Å². The molecule has 2 aliphatic heterocycles. The Balaban J connectivity index is 1.77. The first-order chi connectivity index (χ1) is 13.3. The number of rotatable bonds is 2. The van der Waals surface area contributed by atoms with Gasteiger partial charge in [-0.25, -0.2) is 0 Å². The number of anilines is 1. The molecular weight excluding hydrogens is 491 g/mol. The highest BCUT2D eigenvalue weighted by Crippen LogP contribution is 2.38. The molecule has 1 N–H and O–H groups in total. The second-order valence-electron chi connectivity index (χ2n) is 5.78. The maximum absolute atomic E-state index is 13.1. The van der Waals surface area contributed by atoms with E-state index in [1.54, 1.807) is 24.3 Å². The third-order valence-electron chi connectivity index (χ3n) is 4.04. The summed E-state index contributed by atoms with van der Waals surface area (Å²) in [6.07, 6.45) is 1.45. The summed E-state index contributed by atoms with van der Waals surface area (Å²) in [5.41, 5.74) is 0.772. The standard InChI is InChI=1S/C18H9BrCl2N2O4S/c19-11-6-15-14(26-7-27-15)4-8(11)3-10-16(24)22-18(28)23(17(10)25)13-2-1-9(20)5-12(13)21/h1-6H,7H2,(H,22,24,28)/b10-3-. The van der Waals surface area contributed by atoms with E-state index in [4.69, 9.17) is 44.9 Å². The van der Waals surface area contributed by atoms with Crippen molar-refractivity contribution in [2.75, 3.05) is 11.7 Å². The summed E-state index contributed by atoms with van der Waals surface area (Å²) in [6, 6.07) is 8.00. The van der Waals surface area contributed by atoms with Crippen LogP contribution in [0.15, 0.2) is 40.4 Å². The van der Waals surface area contributed by atoms with Crippen LogP contribution in [0.3, 0.4) is 0 Å². The second-order valence-corrected chi connectivity index (χ2v) is 7.87. The van der Waals surface area contributed by atoms with E-state index in [1.807, 2.05) is 0 Å². The molecule has 1 fully saturated rings. The van der Waals surface area contributed by atoms with Crippen molar-refractivity contribution < 1.29 is 19.1 Å². The first-order valence-corrected chi connectivity index (χ1v) is 9.76. The van der Waals surface area contributed by atoms with Gasteiger partial charge in [-0.1, -0.05) is 39.1 Å². The summed E-state index contributed by atoms with van der Waals surface area (Å²) in [4.78, 5) is 26.7. The van der Waals surface area contributed by atoms with Gasteiger partial charge in [-0.3, -0.25) is 19.8 Å². The third kappa shape index (κ3) is 3.37. The van der Waals surface area contributed by atoms with Gasteiger partial charge in [0.1, 0.15) is 5.57 Å². The highest BCUT2D eigenvalue weighted by Gasteiger charge is 2.35. The summed E-state index contributed by atoms with van der Waals surface area (Å²) in [6.45, 7) is 0.109. The zero-order valence-electron chi connectivity index (χ0n) is 13.8. The number of carbonyl (C=O) groups excluding carboxylic acids is 2. The second kappa shape index (κ2) is 7.36. The highest BCUT2D eigenvalue weighted by atomic mass is 79.9. The molecule has 2 heterocycles. The number of carbonyl (C=O) groups is 2. The quantitative estimate of drug-likeness (QED) is 0.378. The van der Waals surface area contributed by atoms with Crippen LogP contribution >= 0.6 is 51.3 Å². The number of thiocarbonyl (C=S) groups is 1. The molecule has 1 saturated heterocycles. The summed E-state index contributed by atoms with van der Waals surface area (Å²) in [7, 11) is 0. The van der Waals surface area contributed by atoms with Crippen LogP contribution in [0.5, 0.6) is 11.5 Å². The average Bonchev–Trinajstić information content (AvgIpc) is 3.07. The van der Waals surface area contributed by atoms with Crippen molar-refractivity contribution in [1.82, 2.24) is 5.32 Å². The molecule has 0 aliphatic carbocycles. The lowest BCUT2D eigenvalue weighted by Crippen LogP contribution is -2.54. The number of nitrogens with one attached hydrogen (secondary N) is 1. The maximum Gasteiger partial charge on any atom is 0.270 e. The van der Waals surface area contributed by atoms with Crippen LogP contribution in [0.4, 0.5) is 5.69 Å². The SMILES string of the molecule is O=C1NC(=S)N(c2ccc(Cl)cc2Cl)C(=O)/C1=C\c1cc2c(cc1Br)OCO2. The molecule has 2 aromatic carbocycles. The molecule has 0 saturated carbocycles. The summed E-state index contributed by atoms with van der Waals surface area (Å²) < 4.78 is 11.3. The van der Waals surface area contributed by atoms with E-state index in [9.17, 15) is 9.59 Å². The molecule has 6 nitrogen and oxygen atoms in total. The summed E-state index contributed by atoms with van der Waals surface area (Å²) in [5.74, 6) is -0.125. The molecule has 0 atom stereocenters. The van der Waals surface area contributed by atoms with Crippen molar-refractivity contribution in [3.63, 3.8) is 0 Å². The first kappa shape index (κ1) is 19.2. The molecule has 0 unspecified atom stereocenters. The van der Waals surface area contributed by atoms with Crippen molar-refractivity contribution in [1.29, 1.82) is 0 Å². The van der Waals surface area contributed by atoms with Crippen LogP contribution in [0.1, 0.15) is 5.56 Å². The van der Waals surface area contributed by atoms with Gasteiger partial charge in [0.15, 0.2) is 16.6 Å². The van der Waals surface area contributed by atoms with E-state index in [0.717, 1.165) is 4.90 Å². The van der Waals surface area contributed by atoms with Crippen molar-refractivity contribution in [2.24, 2.45) is 0 Å². The number of amides is 2. The van der Waals surface area contributed by atoms with E-state index < -0.39 is 11.8 Å². The zero-order chi connectivity index (χ0) is 20.0. The smallest absolute Gasteiger partial charge is 0.270 e. The van der Waals surface area contributed by atoms with Crippen molar-refractivity contribution >= 4 is 80.0 Å². The fourth-order valence-corrected chi connectivity index (χ4v) is 3.94. The lowest BCUT2D eigenvalue weighted by molar-refractivity contribution is -0.122. The van der Waals surface area contributed by atoms with Gasteiger partial charge in [0.2, 0.25) is 6.79 Å². The monoisotopic (exact) mass is 498 g/mol. The Bertz CT molecular complexity index is 1090. The largest absolute Gasteiger partial charge is 0.454 e. The van der Waals surface area contributed by atoms with Crippen LogP contribution in [0, 0.1) is 0 Å². The predicted molar refractivity (Wildman–Crippen MR) is 113 cm³/mol. The van der Waals surface area contributed by atoms with Gasteiger partial charge in [0, 0.05) is 9.50 Å². The van der Waals surface area contributed by atoms with E-state index in [-0.39, 0.29) is 22.5 Å². The van der Waals surface area contributed by atoms with Gasteiger partial charge >= 0.3 is 0 Å². The molecule has 0 spiro atoms. The van der Waals surface area contributed by atoms with Gasteiger partial charge < -0.3 is 9.47 Å². The Morgan fingerprint density at radius 3 is 2.57 bits per heavy atom. The Hall–Kier alpha value is -2.13. The molecular formula is C18H9BrCl2N2O4S. The normalized spacial score (nSPS) is 17.3. The lowest BCUT2D eigenvalue weighted by atomic mass is 10.1. The van der Waals surface area contributed by atoms with Gasteiger partial charge in [-0.15, -0.1) is 0 Å². The summed E-state index contributed by atoms with van der Waals surface area (Å²) >= 11 is 20.7. The number of fused-ring (bicyclic) bond motifs is 1. The molecule has 10 heteroatoms. The zero-order valence-corrected chi connectivity index (χ0v) is 17.7. The third-order valence-corrected chi connectivity index (χ3v) is 5.55. The molecule has 2 aromatic rings.